The van der Waals surface area contributed by atoms with Crippen molar-refractivity contribution in [2.45, 2.75) is 25.8 Å². The van der Waals surface area contributed by atoms with E-state index in [4.69, 9.17) is 0 Å². The van der Waals surface area contributed by atoms with Gasteiger partial charge < -0.3 is 15.5 Å². The van der Waals surface area contributed by atoms with E-state index < -0.39 is 0 Å². The molecule has 0 aromatic carbocycles. The van der Waals surface area contributed by atoms with Gasteiger partial charge in [-0.05, 0) is 13.5 Å². The van der Waals surface area contributed by atoms with Crippen LogP contribution in [0.3, 0.4) is 0 Å². The van der Waals surface area contributed by atoms with Crippen LogP contribution in [0.5, 0.6) is 0 Å². The van der Waals surface area contributed by atoms with Crippen molar-refractivity contribution < 1.29 is 4.79 Å². The quantitative estimate of drug-likeness (QED) is 0.651. The van der Waals surface area contributed by atoms with Crippen molar-refractivity contribution >= 4 is 6.03 Å². The molecule has 13 heavy (non-hydrogen) atoms. The lowest BCUT2D eigenvalue weighted by atomic mass is 10.2. The minimum atomic E-state index is 0.0914. The van der Waals surface area contributed by atoms with Crippen molar-refractivity contribution in [2.24, 2.45) is 0 Å². The first-order valence-corrected chi connectivity index (χ1v) is 4.98. The number of hydrogen-bond donors (Lipinski definition) is 2. The third kappa shape index (κ3) is 2.88. The number of hydrogen-bond acceptors (Lipinski definition) is 2. The Kier molecular flexibility index (Phi) is 4.02. The average molecular weight is 185 g/mol. The number of nitrogens with one attached hydrogen (secondary N) is 2. The normalized spacial score (nSPS) is 22.2. The Labute approximate surface area is 79.7 Å². The maximum atomic E-state index is 11.4. The lowest BCUT2D eigenvalue weighted by Gasteiger charge is -2.13. The minimum Gasteiger partial charge on any atom is -0.333 e. The maximum Gasteiger partial charge on any atom is 0.317 e. The molecular formula is C9H19N3O. The van der Waals surface area contributed by atoms with E-state index in [1.807, 2.05) is 11.9 Å². The molecule has 2 N–H and O–H groups in total. The summed E-state index contributed by atoms with van der Waals surface area (Å²) >= 11 is 0. The van der Waals surface area contributed by atoms with Crippen LogP contribution < -0.4 is 10.6 Å². The van der Waals surface area contributed by atoms with Gasteiger partial charge in [0.05, 0.1) is 0 Å². The van der Waals surface area contributed by atoms with Crippen LogP contribution in [0, 0.1) is 0 Å². The Balaban J connectivity index is 2.28. The summed E-state index contributed by atoms with van der Waals surface area (Å²) in [7, 11) is 1.90. The van der Waals surface area contributed by atoms with Crippen molar-refractivity contribution in [3.05, 3.63) is 0 Å². The van der Waals surface area contributed by atoms with Gasteiger partial charge in [0, 0.05) is 25.7 Å². The molecule has 4 nitrogen and oxygen atoms in total. The second-order valence-corrected chi connectivity index (χ2v) is 3.48. The zero-order valence-corrected chi connectivity index (χ0v) is 8.47. The zero-order valence-electron chi connectivity index (χ0n) is 8.47. The predicted octanol–water partition coefficient (Wildman–Crippen LogP) is 0.400. The minimum absolute atomic E-state index is 0.0914. The second-order valence-electron chi connectivity index (χ2n) is 3.48. The lowest BCUT2D eigenvalue weighted by Crippen LogP contribution is -2.33. The van der Waals surface area contributed by atoms with Crippen LogP contribution in [0.15, 0.2) is 0 Å². The molecule has 0 spiro atoms. The molecule has 0 aliphatic carbocycles. The fraction of sp³-hybridized carbons (Fsp3) is 0.889. The van der Waals surface area contributed by atoms with Gasteiger partial charge in [0.1, 0.15) is 0 Å². The van der Waals surface area contributed by atoms with Gasteiger partial charge in [0.2, 0.25) is 0 Å². The first kappa shape index (κ1) is 10.3. The summed E-state index contributed by atoms with van der Waals surface area (Å²) in [5.74, 6) is 0. The zero-order chi connectivity index (χ0) is 9.68. The highest BCUT2D eigenvalue weighted by Gasteiger charge is 2.26. The van der Waals surface area contributed by atoms with Gasteiger partial charge in [-0.25, -0.2) is 4.79 Å². The third-order valence-electron chi connectivity index (χ3n) is 2.32. The van der Waals surface area contributed by atoms with E-state index in [0.717, 1.165) is 32.5 Å². The van der Waals surface area contributed by atoms with E-state index >= 15 is 0 Å². The molecule has 1 fully saturated rings. The van der Waals surface area contributed by atoms with Crippen LogP contribution in [0.1, 0.15) is 19.8 Å². The van der Waals surface area contributed by atoms with E-state index in [1.165, 1.54) is 0 Å². The standard InChI is InChI=1S/C9H19N3O/c1-3-4-8-7-12(6-5-10-2)9(13)11-8/h8,10H,3-7H2,1-2H3,(H,11,13). The summed E-state index contributed by atoms with van der Waals surface area (Å²) in [6, 6.07) is 0.461. The van der Waals surface area contributed by atoms with E-state index in [1.54, 1.807) is 0 Å². The summed E-state index contributed by atoms with van der Waals surface area (Å²) in [6.45, 7) is 4.69. The topological polar surface area (TPSA) is 44.4 Å². The van der Waals surface area contributed by atoms with Crippen LogP contribution in [-0.2, 0) is 0 Å². The molecule has 4 heteroatoms. The molecule has 0 saturated carbocycles. The van der Waals surface area contributed by atoms with Gasteiger partial charge in [-0.2, -0.15) is 0 Å². The number of nitrogens with zero attached hydrogens (tertiary/aromatic N) is 1. The van der Waals surface area contributed by atoms with Crippen LogP contribution in [0.4, 0.5) is 4.79 Å². The molecule has 1 aliphatic heterocycles. The highest BCUT2D eigenvalue weighted by Crippen LogP contribution is 2.07. The van der Waals surface area contributed by atoms with Gasteiger partial charge in [0.15, 0.2) is 0 Å². The van der Waals surface area contributed by atoms with Crippen molar-refractivity contribution in [3.8, 4) is 0 Å². The summed E-state index contributed by atoms with van der Waals surface area (Å²) in [5.41, 5.74) is 0. The van der Waals surface area contributed by atoms with Crippen LogP contribution in [0.2, 0.25) is 0 Å². The van der Waals surface area contributed by atoms with Gasteiger partial charge in [-0.15, -0.1) is 0 Å². The van der Waals surface area contributed by atoms with Crippen molar-refractivity contribution in [1.82, 2.24) is 15.5 Å². The molecule has 0 bridgehead atoms. The number of likely N-dealkylation sites (N-methyl/N-ethyl adjacent to an activating group) is 1. The van der Waals surface area contributed by atoms with Gasteiger partial charge in [-0.1, -0.05) is 13.3 Å². The first-order valence-electron chi connectivity index (χ1n) is 4.98. The summed E-state index contributed by atoms with van der Waals surface area (Å²) in [5, 5.41) is 6.01. The number of amides is 2. The summed E-state index contributed by atoms with van der Waals surface area (Å²) < 4.78 is 0. The number of urea groups is 1. The predicted molar refractivity (Wildman–Crippen MR) is 52.7 cm³/mol. The molecule has 1 aliphatic rings. The fourth-order valence-electron chi connectivity index (χ4n) is 1.61. The van der Waals surface area contributed by atoms with Gasteiger partial charge in [-0.3, -0.25) is 0 Å². The van der Waals surface area contributed by atoms with Crippen LogP contribution in [-0.4, -0.2) is 43.7 Å². The number of rotatable bonds is 5. The molecular weight excluding hydrogens is 166 g/mol. The number of carbonyl (C=O) groups excluding carboxylic acids is 1. The van der Waals surface area contributed by atoms with E-state index in [-0.39, 0.29) is 6.03 Å². The molecule has 2 amide bonds. The largest absolute Gasteiger partial charge is 0.333 e. The van der Waals surface area contributed by atoms with Gasteiger partial charge >= 0.3 is 6.03 Å². The molecule has 1 unspecified atom stereocenters. The molecule has 1 heterocycles. The van der Waals surface area contributed by atoms with E-state index in [0.29, 0.717) is 6.04 Å². The smallest absolute Gasteiger partial charge is 0.317 e. The van der Waals surface area contributed by atoms with Crippen molar-refractivity contribution in [2.75, 3.05) is 26.7 Å². The molecule has 0 aromatic heterocycles. The Hall–Kier alpha value is -0.770. The molecule has 0 aromatic rings. The molecule has 1 saturated heterocycles. The van der Waals surface area contributed by atoms with Gasteiger partial charge in [0.25, 0.3) is 0 Å². The second kappa shape index (κ2) is 5.07. The Morgan fingerprint density at radius 2 is 2.46 bits per heavy atom. The Morgan fingerprint density at radius 3 is 3.08 bits per heavy atom. The molecule has 1 rings (SSSR count). The van der Waals surface area contributed by atoms with E-state index in [9.17, 15) is 4.79 Å². The lowest BCUT2D eigenvalue weighted by molar-refractivity contribution is 0.218. The van der Waals surface area contributed by atoms with Crippen molar-refractivity contribution in [1.29, 1.82) is 0 Å². The first-order chi connectivity index (χ1) is 6.27. The van der Waals surface area contributed by atoms with Crippen LogP contribution in [0.25, 0.3) is 0 Å². The Bertz CT molecular complexity index is 172. The molecule has 0 radical (unpaired) electrons. The van der Waals surface area contributed by atoms with E-state index in [2.05, 4.69) is 17.6 Å². The highest BCUT2D eigenvalue weighted by atomic mass is 16.2. The summed E-state index contributed by atoms with van der Waals surface area (Å²) in [4.78, 5) is 13.2. The molecule has 1 atom stereocenters. The van der Waals surface area contributed by atoms with Crippen molar-refractivity contribution in [3.63, 3.8) is 0 Å². The summed E-state index contributed by atoms with van der Waals surface area (Å²) in [6.07, 6.45) is 2.21. The number of carbonyl (C=O) groups is 1. The molecule has 76 valence electrons. The Morgan fingerprint density at radius 1 is 1.69 bits per heavy atom. The maximum absolute atomic E-state index is 11.4. The SMILES string of the molecule is CCCC1CN(CCNC)C(=O)N1. The monoisotopic (exact) mass is 185 g/mol. The highest BCUT2D eigenvalue weighted by molar-refractivity contribution is 5.76. The average Bonchev–Trinajstić information content (AvgIpc) is 2.44. The van der Waals surface area contributed by atoms with Crippen LogP contribution >= 0.6 is 0 Å². The third-order valence-corrected chi connectivity index (χ3v) is 2.32. The fourth-order valence-corrected chi connectivity index (χ4v) is 1.61.